The molecular formula is C14H22N2O3. The normalized spacial score (nSPS) is 12.4. The Hall–Kier alpha value is -1.49. The van der Waals surface area contributed by atoms with Gasteiger partial charge in [0.1, 0.15) is 6.10 Å². The molecule has 0 amide bonds. The number of carboxylic acid groups (broad SMARTS) is 1. The summed E-state index contributed by atoms with van der Waals surface area (Å²) in [4.78, 5) is 19.9. The van der Waals surface area contributed by atoms with Gasteiger partial charge in [-0.25, -0.2) is 9.97 Å². The summed E-state index contributed by atoms with van der Waals surface area (Å²) in [7, 11) is 1.64. The average Bonchev–Trinajstić information content (AvgIpc) is 2.40. The molecule has 0 fully saturated rings. The number of rotatable bonds is 7. The van der Waals surface area contributed by atoms with Gasteiger partial charge in [0.25, 0.3) is 0 Å². The van der Waals surface area contributed by atoms with Gasteiger partial charge in [0.05, 0.1) is 6.42 Å². The molecule has 0 saturated heterocycles. The minimum absolute atomic E-state index is 0.0175. The van der Waals surface area contributed by atoms with E-state index in [1.165, 1.54) is 0 Å². The Morgan fingerprint density at radius 1 is 1.21 bits per heavy atom. The molecule has 1 heterocycles. The lowest BCUT2D eigenvalue weighted by Crippen LogP contribution is -2.15. The van der Waals surface area contributed by atoms with Crippen LogP contribution in [0, 0.1) is 0 Å². The van der Waals surface area contributed by atoms with E-state index in [0.29, 0.717) is 18.7 Å². The molecule has 0 spiro atoms. The van der Waals surface area contributed by atoms with Gasteiger partial charge in [0.15, 0.2) is 5.82 Å². The van der Waals surface area contributed by atoms with Crippen molar-refractivity contribution in [3.63, 3.8) is 0 Å². The van der Waals surface area contributed by atoms with Crippen LogP contribution in [0.15, 0.2) is 0 Å². The maximum atomic E-state index is 11.0. The number of aromatic nitrogens is 2. The van der Waals surface area contributed by atoms with Crippen molar-refractivity contribution in [2.24, 2.45) is 0 Å². The van der Waals surface area contributed by atoms with E-state index in [0.717, 1.165) is 23.4 Å². The van der Waals surface area contributed by atoms with Gasteiger partial charge >= 0.3 is 5.97 Å². The summed E-state index contributed by atoms with van der Waals surface area (Å²) in [6, 6.07) is 0. The lowest BCUT2D eigenvalue weighted by molar-refractivity contribution is -0.136. The minimum atomic E-state index is -0.848. The van der Waals surface area contributed by atoms with Crippen LogP contribution in [0.25, 0.3) is 0 Å². The van der Waals surface area contributed by atoms with Gasteiger partial charge in [-0.15, -0.1) is 0 Å². The van der Waals surface area contributed by atoms with E-state index in [9.17, 15) is 4.79 Å². The first kappa shape index (κ1) is 15.6. The molecule has 0 saturated carbocycles. The highest BCUT2D eigenvalue weighted by molar-refractivity contribution is 5.71. The van der Waals surface area contributed by atoms with Crippen molar-refractivity contribution in [2.75, 3.05) is 7.11 Å². The van der Waals surface area contributed by atoms with Gasteiger partial charge in [0, 0.05) is 24.1 Å². The topological polar surface area (TPSA) is 72.3 Å². The molecule has 0 bridgehead atoms. The molecule has 0 aliphatic heterocycles. The number of aliphatic carboxylic acids is 1. The Morgan fingerprint density at radius 3 is 2.05 bits per heavy atom. The van der Waals surface area contributed by atoms with E-state index in [1.807, 2.05) is 20.8 Å². The van der Waals surface area contributed by atoms with E-state index in [-0.39, 0.29) is 12.5 Å². The van der Waals surface area contributed by atoms with Crippen LogP contribution in [-0.2, 0) is 28.8 Å². The molecule has 19 heavy (non-hydrogen) atoms. The predicted octanol–water partition coefficient (Wildman–Crippen LogP) is 2.33. The predicted molar refractivity (Wildman–Crippen MR) is 72.2 cm³/mol. The van der Waals surface area contributed by atoms with Gasteiger partial charge in [-0.2, -0.15) is 0 Å². The lowest BCUT2D eigenvalue weighted by Gasteiger charge is -2.17. The van der Waals surface area contributed by atoms with Crippen LogP contribution in [0.5, 0.6) is 0 Å². The average molecular weight is 266 g/mol. The Bertz CT molecular complexity index is 417. The molecule has 106 valence electrons. The summed E-state index contributed by atoms with van der Waals surface area (Å²) < 4.78 is 5.36. The van der Waals surface area contributed by atoms with E-state index in [1.54, 1.807) is 7.11 Å². The monoisotopic (exact) mass is 266 g/mol. The van der Waals surface area contributed by atoms with Crippen molar-refractivity contribution in [2.45, 2.75) is 52.6 Å². The van der Waals surface area contributed by atoms with Crippen molar-refractivity contribution in [1.29, 1.82) is 0 Å². The number of nitrogens with zero attached hydrogens (tertiary/aromatic N) is 2. The fraction of sp³-hybridized carbons (Fsp3) is 0.643. The fourth-order valence-electron chi connectivity index (χ4n) is 2.14. The molecular weight excluding hydrogens is 244 g/mol. The number of carbonyl (C=O) groups is 1. The Morgan fingerprint density at radius 2 is 1.74 bits per heavy atom. The summed E-state index contributed by atoms with van der Waals surface area (Å²) in [6.07, 6.45) is 2.04. The summed E-state index contributed by atoms with van der Waals surface area (Å²) in [6.45, 7) is 5.97. The summed E-state index contributed by atoms with van der Waals surface area (Å²) in [5, 5.41) is 9.00. The van der Waals surface area contributed by atoms with Gasteiger partial charge in [-0.1, -0.05) is 20.8 Å². The molecule has 5 nitrogen and oxygen atoms in total. The summed E-state index contributed by atoms with van der Waals surface area (Å²) in [5.74, 6) is -0.188. The highest BCUT2D eigenvalue weighted by atomic mass is 16.5. The van der Waals surface area contributed by atoms with E-state index in [4.69, 9.17) is 9.84 Å². The molecule has 1 aromatic heterocycles. The fourth-order valence-corrected chi connectivity index (χ4v) is 2.14. The standard InChI is InChI=1S/C14H22N2O3/c1-5-10-9(8-13(17)18)11(6-2)16-14(15-10)12(7-3)19-4/h12H,5-8H2,1-4H3,(H,17,18). The number of hydrogen-bond acceptors (Lipinski definition) is 4. The van der Waals surface area contributed by atoms with Crippen LogP contribution in [-0.4, -0.2) is 28.2 Å². The van der Waals surface area contributed by atoms with Crippen molar-refractivity contribution in [3.05, 3.63) is 22.8 Å². The van der Waals surface area contributed by atoms with E-state index >= 15 is 0 Å². The molecule has 1 atom stereocenters. The van der Waals surface area contributed by atoms with Crippen LogP contribution in [0.4, 0.5) is 0 Å². The second kappa shape index (κ2) is 7.19. The van der Waals surface area contributed by atoms with Crippen molar-refractivity contribution < 1.29 is 14.6 Å². The quantitative estimate of drug-likeness (QED) is 0.820. The number of ether oxygens (including phenoxy) is 1. The molecule has 0 aliphatic rings. The van der Waals surface area contributed by atoms with Crippen LogP contribution in [0.2, 0.25) is 0 Å². The molecule has 5 heteroatoms. The van der Waals surface area contributed by atoms with Gasteiger partial charge in [-0.05, 0) is 19.3 Å². The number of carboxylic acids is 1. The maximum Gasteiger partial charge on any atom is 0.307 e. The number of aryl methyl sites for hydroxylation is 2. The second-order valence-electron chi connectivity index (χ2n) is 4.36. The molecule has 0 radical (unpaired) electrons. The molecule has 1 rings (SSSR count). The molecule has 1 N–H and O–H groups in total. The van der Waals surface area contributed by atoms with Crippen molar-refractivity contribution >= 4 is 5.97 Å². The third-order valence-corrected chi connectivity index (χ3v) is 3.14. The Kier molecular flexibility index (Phi) is 5.89. The SMILES string of the molecule is CCc1nc(C(CC)OC)nc(CC)c1CC(=O)O. The number of methoxy groups -OCH3 is 1. The lowest BCUT2D eigenvalue weighted by atomic mass is 10.0. The van der Waals surface area contributed by atoms with Crippen LogP contribution in [0.1, 0.15) is 56.1 Å². The maximum absolute atomic E-state index is 11.0. The highest BCUT2D eigenvalue weighted by Gasteiger charge is 2.19. The molecule has 0 aromatic carbocycles. The van der Waals surface area contributed by atoms with Crippen LogP contribution in [0.3, 0.4) is 0 Å². The zero-order valence-electron chi connectivity index (χ0n) is 12.1. The van der Waals surface area contributed by atoms with Gasteiger partial charge < -0.3 is 9.84 Å². The Labute approximate surface area is 114 Å². The van der Waals surface area contributed by atoms with Crippen LogP contribution < -0.4 is 0 Å². The van der Waals surface area contributed by atoms with Crippen molar-refractivity contribution in [1.82, 2.24) is 9.97 Å². The summed E-state index contributed by atoms with van der Waals surface area (Å²) in [5.41, 5.74) is 2.40. The first-order chi connectivity index (χ1) is 9.07. The number of hydrogen-bond donors (Lipinski definition) is 1. The molecule has 0 aliphatic carbocycles. The third-order valence-electron chi connectivity index (χ3n) is 3.14. The molecule has 1 unspecified atom stereocenters. The summed E-state index contributed by atoms with van der Waals surface area (Å²) >= 11 is 0. The highest BCUT2D eigenvalue weighted by Crippen LogP contribution is 2.21. The first-order valence-corrected chi connectivity index (χ1v) is 6.70. The van der Waals surface area contributed by atoms with Crippen molar-refractivity contribution in [3.8, 4) is 0 Å². The smallest absolute Gasteiger partial charge is 0.307 e. The largest absolute Gasteiger partial charge is 0.481 e. The van der Waals surface area contributed by atoms with Gasteiger partial charge in [0.2, 0.25) is 0 Å². The van der Waals surface area contributed by atoms with E-state index < -0.39 is 5.97 Å². The Balaban J connectivity index is 3.30. The second-order valence-corrected chi connectivity index (χ2v) is 4.36. The molecule has 1 aromatic rings. The first-order valence-electron chi connectivity index (χ1n) is 6.70. The third kappa shape index (κ3) is 3.73. The van der Waals surface area contributed by atoms with Crippen LogP contribution >= 0.6 is 0 Å². The zero-order chi connectivity index (χ0) is 14.4. The minimum Gasteiger partial charge on any atom is -0.481 e. The van der Waals surface area contributed by atoms with E-state index in [2.05, 4.69) is 9.97 Å². The zero-order valence-corrected chi connectivity index (χ0v) is 12.1. The van der Waals surface area contributed by atoms with Gasteiger partial charge in [-0.3, -0.25) is 4.79 Å².